The molecule has 0 aliphatic carbocycles. The molecule has 0 saturated carbocycles. The first-order chi connectivity index (χ1) is 5.68. The van der Waals surface area contributed by atoms with Crippen molar-refractivity contribution in [3.8, 4) is 0 Å². The molecule has 1 saturated heterocycles. The van der Waals surface area contributed by atoms with Crippen molar-refractivity contribution in [2.75, 3.05) is 19.8 Å². The first-order valence-corrected chi connectivity index (χ1v) is 4.51. The van der Waals surface area contributed by atoms with Crippen LogP contribution in [-0.2, 0) is 9.47 Å². The highest BCUT2D eigenvalue weighted by molar-refractivity contribution is 4.89. The van der Waals surface area contributed by atoms with Crippen molar-refractivity contribution in [3.63, 3.8) is 0 Å². The summed E-state index contributed by atoms with van der Waals surface area (Å²) >= 11 is 0. The van der Waals surface area contributed by atoms with Crippen molar-refractivity contribution < 1.29 is 9.47 Å². The van der Waals surface area contributed by atoms with Gasteiger partial charge in [0.15, 0.2) is 0 Å². The molecular weight excluding hydrogens is 152 g/mol. The standard InChI is InChI=1S/C10H18O2/c1-4-10(7-12-8-10)6-11-5-9(2)3/h5H,4,6-8H2,1-3H3. The van der Waals surface area contributed by atoms with Crippen molar-refractivity contribution in [2.24, 2.45) is 5.41 Å². The lowest BCUT2D eigenvalue weighted by atomic mass is 9.84. The van der Waals surface area contributed by atoms with E-state index in [0.717, 1.165) is 26.2 Å². The summed E-state index contributed by atoms with van der Waals surface area (Å²) in [6.45, 7) is 8.79. The number of hydrogen-bond acceptors (Lipinski definition) is 2. The molecule has 0 atom stereocenters. The Morgan fingerprint density at radius 2 is 2.17 bits per heavy atom. The summed E-state index contributed by atoms with van der Waals surface area (Å²) in [5.41, 5.74) is 1.52. The van der Waals surface area contributed by atoms with E-state index in [1.165, 1.54) is 5.57 Å². The van der Waals surface area contributed by atoms with Crippen LogP contribution in [0.5, 0.6) is 0 Å². The van der Waals surface area contributed by atoms with E-state index < -0.39 is 0 Å². The van der Waals surface area contributed by atoms with E-state index in [1.807, 2.05) is 20.1 Å². The fourth-order valence-electron chi connectivity index (χ4n) is 1.17. The lowest BCUT2D eigenvalue weighted by molar-refractivity contribution is -0.139. The summed E-state index contributed by atoms with van der Waals surface area (Å²) < 4.78 is 10.6. The fourth-order valence-corrected chi connectivity index (χ4v) is 1.17. The van der Waals surface area contributed by atoms with Gasteiger partial charge in [-0.1, -0.05) is 6.92 Å². The molecule has 1 heterocycles. The molecule has 0 bridgehead atoms. The Morgan fingerprint density at radius 3 is 2.50 bits per heavy atom. The second kappa shape index (κ2) is 3.94. The molecule has 0 aromatic carbocycles. The van der Waals surface area contributed by atoms with E-state index in [4.69, 9.17) is 9.47 Å². The quantitative estimate of drug-likeness (QED) is 0.603. The Hall–Kier alpha value is -0.500. The van der Waals surface area contributed by atoms with Crippen LogP contribution >= 0.6 is 0 Å². The third-order valence-corrected chi connectivity index (χ3v) is 2.28. The minimum Gasteiger partial charge on any atom is -0.501 e. The molecule has 0 spiro atoms. The number of hydrogen-bond donors (Lipinski definition) is 0. The van der Waals surface area contributed by atoms with Crippen LogP contribution in [0.3, 0.4) is 0 Å². The van der Waals surface area contributed by atoms with E-state index in [9.17, 15) is 0 Å². The van der Waals surface area contributed by atoms with Crippen molar-refractivity contribution in [3.05, 3.63) is 11.8 Å². The average molecular weight is 170 g/mol. The summed E-state index contributed by atoms with van der Waals surface area (Å²) in [6.07, 6.45) is 2.97. The van der Waals surface area contributed by atoms with Gasteiger partial charge in [0, 0.05) is 0 Å². The zero-order valence-electron chi connectivity index (χ0n) is 8.22. The Bertz CT molecular complexity index is 159. The molecule has 0 N–H and O–H groups in total. The van der Waals surface area contributed by atoms with Crippen LogP contribution in [0.4, 0.5) is 0 Å². The smallest absolute Gasteiger partial charge is 0.0973 e. The maximum Gasteiger partial charge on any atom is 0.0973 e. The monoisotopic (exact) mass is 170 g/mol. The molecule has 0 amide bonds. The van der Waals surface area contributed by atoms with Crippen molar-refractivity contribution in [2.45, 2.75) is 27.2 Å². The maximum absolute atomic E-state index is 5.45. The topological polar surface area (TPSA) is 18.5 Å². The van der Waals surface area contributed by atoms with Crippen molar-refractivity contribution in [1.29, 1.82) is 0 Å². The summed E-state index contributed by atoms with van der Waals surface area (Å²) in [5.74, 6) is 0. The molecule has 2 nitrogen and oxygen atoms in total. The third kappa shape index (κ3) is 2.24. The van der Waals surface area contributed by atoms with Crippen LogP contribution in [0.1, 0.15) is 27.2 Å². The molecule has 1 rings (SSSR count). The van der Waals surface area contributed by atoms with Crippen LogP contribution in [0.2, 0.25) is 0 Å². The van der Waals surface area contributed by atoms with Gasteiger partial charge in [-0.25, -0.2) is 0 Å². The lowest BCUT2D eigenvalue weighted by Gasteiger charge is -2.39. The predicted octanol–water partition coefficient (Wildman–Crippen LogP) is 2.35. The Labute approximate surface area is 74.6 Å². The molecule has 2 heteroatoms. The highest BCUT2D eigenvalue weighted by Gasteiger charge is 2.37. The molecule has 0 radical (unpaired) electrons. The Balaban J connectivity index is 2.25. The highest BCUT2D eigenvalue weighted by Crippen LogP contribution is 2.31. The van der Waals surface area contributed by atoms with Crippen LogP contribution in [-0.4, -0.2) is 19.8 Å². The minimum atomic E-state index is 0.311. The van der Waals surface area contributed by atoms with Gasteiger partial charge in [-0.3, -0.25) is 0 Å². The second-order valence-electron chi connectivity index (χ2n) is 3.85. The van der Waals surface area contributed by atoms with E-state index in [1.54, 1.807) is 0 Å². The van der Waals surface area contributed by atoms with E-state index in [0.29, 0.717) is 5.41 Å². The first-order valence-electron chi connectivity index (χ1n) is 4.51. The largest absolute Gasteiger partial charge is 0.501 e. The Kier molecular flexibility index (Phi) is 3.15. The second-order valence-corrected chi connectivity index (χ2v) is 3.85. The van der Waals surface area contributed by atoms with Gasteiger partial charge in [-0.05, 0) is 25.8 Å². The van der Waals surface area contributed by atoms with E-state index in [-0.39, 0.29) is 0 Å². The van der Waals surface area contributed by atoms with E-state index in [2.05, 4.69) is 6.92 Å². The zero-order chi connectivity index (χ0) is 9.03. The van der Waals surface area contributed by atoms with Gasteiger partial charge in [0.2, 0.25) is 0 Å². The molecule has 1 aliphatic heterocycles. The molecule has 70 valence electrons. The number of rotatable bonds is 4. The molecule has 0 unspecified atom stereocenters. The number of ether oxygens (including phenoxy) is 2. The molecule has 0 aromatic heterocycles. The normalized spacial score (nSPS) is 19.6. The third-order valence-electron chi connectivity index (χ3n) is 2.28. The molecule has 12 heavy (non-hydrogen) atoms. The van der Waals surface area contributed by atoms with Crippen molar-refractivity contribution >= 4 is 0 Å². The van der Waals surface area contributed by atoms with Gasteiger partial charge < -0.3 is 9.47 Å². The molecule has 1 fully saturated rings. The Morgan fingerprint density at radius 1 is 1.50 bits per heavy atom. The van der Waals surface area contributed by atoms with Gasteiger partial charge in [0.05, 0.1) is 31.5 Å². The molecule has 0 aromatic rings. The average Bonchev–Trinajstić information content (AvgIpc) is 1.94. The zero-order valence-corrected chi connectivity index (χ0v) is 8.22. The molecule has 1 aliphatic rings. The maximum atomic E-state index is 5.45. The van der Waals surface area contributed by atoms with Gasteiger partial charge in [-0.15, -0.1) is 0 Å². The fraction of sp³-hybridized carbons (Fsp3) is 0.800. The van der Waals surface area contributed by atoms with Crippen LogP contribution in [0.25, 0.3) is 0 Å². The van der Waals surface area contributed by atoms with Gasteiger partial charge in [0.25, 0.3) is 0 Å². The lowest BCUT2D eigenvalue weighted by Crippen LogP contribution is -2.45. The van der Waals surface area contributed by atoms with Crippen molar-refractivity contribution in [1.82, 2.24) is 0 Å². The van der Waals surface area contributed by atoms with Crippen LogP contribution in [0.15, 0.2) is 11.8 Å². The molecular formula is C10H18O2. The summed E-state index contributed by atoms with van der Waals surface area (Å²) in [6, 6.07) is 0. The summed E-state index contributed by atoms with van der Waals surface area (Å²) in [4.78, 5) is 0. The predicted molar refractivity (Wildman–Crippen MR) is 48.9 cm³/mol. The number of allylic oxidation sites excluding steroid dienone is 1. The van der Waals surface area contributed by atoms with Gasteiger partial charge in [-0.2, -0.15) is 0 Å². The SMILES string of the molecule is CCC1(COC=C(C)C)COC1. The minimum absolute atomic E-state index is 0.311. The van der Waals surface area contributed by atoms with E-state index >= 15 is 0 Å². The first kappa shape index (κ1) is 9.59. The summed E-state index contributed by atoms with van der Waals surface area (Å²) in [7, 11) is 0. The van der Waals surface area contributed by atoms with Gasteiger partial charge in [0.1, 0.15) is 0 Å². The van der Waals surface area contributed by atoms with Crippen LogP contribution < -0.4 is 0 Å². The highest BCUT2D eigenvalue weighted by atomic mass is 16.5. The van der Waals surface area contributed by atoms with Crippen LogP contribution in [0, 0.1) is 5.41 Å². The summed E-state index contributed by atoms with van der Waals surface area (Å²) in [5, 5.41) is 0. The van der Waals surface area contributed by atoms with Gasteiger partial charge >= 0.3 is 0 Å².